The number of terminal acetylenes is 1. The van der Waals surface area contributed by atoms with Crippen LogP contribution in [-0.2, 0) is 6.42 Å². The molecule has 1 N–H and O–H groups in total. The van der Waals surface area contributed by atoms with Crippen molar-refractivity contribution in [1.82, 2.24) is 4.90 Å². The summed E-state index contributed by atoms with van der Waals surface area (Å²) in [5.74, 6) is 2.11. The Hall–Kier alpha value is -0.945. The summed E-state index contributed by atoms with van der Waals surface area (Å²) in [6, 6.07) is 9.89. The van der Waals surface area contributed by atoms with E-state index in [0.29, 0.717) is 13.0 Å². The first-order chi connectivity index (χ1) is 7.95. The molecule has 0 saturated heterocycles. The van der Waals surface area contributed by atoms with E-state index in [1.165, 1.54) is 4.90 Å². The summed E-state index contributed by atoms with van der Waals surface area (Å²) >= 11 is 6.20. The number of hydrogen-bond acceptors (Lipinski definition) is 2. The second-order valence-electron chi connectivity index (χ2n) is 4.04. The minimum atomic E-state index is -1.75. The zero-order chi connectivity index (χ0) is 12.9. The summed E-state index contributed by atoms with van der Waals surface area (Å²) in [6.07, 6.45) is 5.83. The van der Waals surface area contributed by atoms with E-state index < -0.39 is 5.62 Å². The molecule has 4 heteroatoms. The molecule has 0 aliphatic carbocycles. The Bertz CT molecular complexity index is 388. The Morgan fingerprint density at radius 2 is 2.12 bits per heavy atom. The number of benzene rings is 1. The van der Waals surface area contributed by atoms with E-state index in [-0.39, 0.29) is 5.38 Å². The van der Waals surface area contributed by atoms with Gasteiger partial charge in [-0.25, -0.2) is 0 Å². The van der Waals surface area contributed by atoms with Gasteiger partial charge in [-0.2, -0.15) is 0 Å². The Morgan fingerprint density at radius 1 is 1.53 bits per heavy atom. The van der Waals surface area contributed by atoms with Crippen LogP contribution in [0.3, 0.4) is 0 Å². The molecular weight excluding hydrogens is 232 g/mol. The molecule has 1 aromatic carbocycles. The molecule has 2 unspecified atom stereocenters. The van der Waals surface area contributed by atoms with E-state index >= 15 is 0 Å². The van der Waals surface area contributed by atoms with Crippen molar-refractivity contribution in [2.75, 3.05) is 13.6 Å². The number of nitrogens with zero attached hydrogens (tertiary/aromatic N) is 1. The number of aliphatic hydroxyl groups is 1. The predicted octanol–water partition coefficient (Wildman–Crippen LogP) is 1.22. The first-order valence-corrected chi connectivity index (χ1v) is 5.77. The molecule has 2 atom stereocenters. The van der Waals surface area contributed by atoms with E-state index in [2.05, 4.69) is 5.92 Å². The summed E-state index contributed by atoms with van der Waals surface area (Å²) in [6.45, 7) is 0.410. The molecule has 1 rings (SSSR count). The van der Waals surface area contributed by atoms with Crippen molar-refractivity contribution in [1.29, 1.82) is 0 Å². The van der Waals surface area contributed by atoms with Crippen LogP contribution in [-0.4, -0.2) is 42.4 Å². The van der Waals surface area contributed by atoms with Gasteiger partial charge in [-0.05, 0) is 19.0 Å². The van der Waals surface area contributed by atoms with Crippen LogP contribution in [0.5, 0.6) is 0 Å². The Kier molecular flexibility index (Phi) is 5.08. The highest BCUT2D eigenvalue weighted by Gasteiger charge is 2.24. The van der Waals surface area contributed by atoms with Crippen molar-refractivity contribution >= 4 is 19.4 Å². The van der Waals surface area contributed by atoms with Crippen molar-refractivity contribution < 1.29 is 5.11 Å². The fraction of sp³-hybridized carbons (Fsp3) is 0.385. The zero-order valence-electron chi connectivity index (χ0n) is 9.81. The van der Waals surface area contributed by atoms with Crippen molar-refractivity contribution in [2.24, 2.45) is 0 Å². The van der Waals surface area contributed by atoms with Crippen LogP contribution in [0, 0.1) is 12.3 Å². The van der Waals surface area contributed by atoms with Crippen LogP contribution in [0.1, 0.15) is 5.56 Å². The lowest BCUT2D eigenvalue weighted by atomic mass is 9.90. The summed E-state index contributed by atoms with van der Waals surface area (Å²) in [7, 11) is 7.13. The van der Waals surface area contributed by atoms with Crippen molar-refractivity contribution in [3.63, 3.8) is 0 Å². The van der Waals surface area contributed by atoms with Gasteiger partial charge in [0.05, 0.1) is 5.38 Å². The molecule has 0 amide bonds. The monoisotopic (exact) mass is 247 g/mol. The second kappa shape index (κ2) is 6.11. The van der Waals surface area contributed by atoms with Crippen LogP contribution >= 0.6 is 11.6 Å². The lowest BCUT2D eigenvalue weighted by Gasteiger charge is -2.31. The maximum absolute atomic E-state index is 9.62. The van der Waals surface area contributed by atoms with E-state index in [9.17, 15) is 5.11 Å². The molecule has 17 heavy (non-hydrogen) atoms. The number of hydrogen-bond donors (Lipinski definition) is 1. The van der Waals surface area contributed by atoms with Gasteiger partial charge in [-0.15, -0.1) is 18.0 Å². The molecule has 1 aromatic rings. The van der Waals surface area contributed by atoms with Gasteiger partial charge in [0, 0.05) is 6.54 Å². The first-order valence-electron chi connectivity index (χ1n) is 5.34. The molecule has 0 aromatic heterocycles. The van der Waals surface area contributed by atoms with Gasteiger partial charge in [-0.3, -0.25) is 4.90 Å². The lowest BCUT2D eigenvalue weighted by molar-refractivity contribution is 0.0301. The number of rotatable bonds is 5. The van der Waals surface area contributed by atoms with Gasteiger partial charge in [0.15, 0.2) is 7.85 Å². The molecule has 0 fully saturated rings. The minimum absolute atomic E-state index is 0.161. The highest BCUT2D eigenvalue weighted by Crippen LogP contribution is 2.12. The largest absolute Gasteiger partial charge is 0.374 e. The van der Waals surface area contributed by atoms with E-state index in [4.69, 9.17) is 25.9 Å². The smallest absolute Gasteiger partial charge is 0.154 e. The fourth-order valence-corrected chi connectivity index (χ4v) is 1.87. The van der Waals surface area contributed by atoms with Gasteiger partial charge in [0.25, 0.3) is 0 Å². The molecule has 0 saturated carbocycles. The average Bonchev–Trinajstić information content (AvgIpc) is 2.30. The van der Waals surface area contributed by atoms with Crippen LogP contribution in [0.25, 0.3) is 0 Å². The van der Waals surface area contributed by atoms with Crippen LogP contribution in [0.2, 0.25) is 0 Å². The summed E-state index contributed by atoms with van der Waals surface area (Å²) in [5, 5.41) is 9.45. The molecular formula is C13H15BClNO. The number of halogens is 1. The summed E-state index contributed by atoms with van der Waals surface area (Å²) in [5.41, 5.74) is -0.605. The van der Waals surface area contributed by atoms with Gasteiger partial charge in [-0.1, -0.05) is 36.3 Å². The standard InChI is InChI=1S/C13H15BClNO/c1-3-13(14,17)16(2)10-12(15)9-11-7-5-4-6-8-11/h1,4-8,12,17H,9-10H2,2H3. The summed E-state index contributed by atoms with van der Waals surface area (Å²) < 4.78 is 0. The van der Waals surface area contributed by atoms with Crippen LogP contribution < -0.4 is 0 Å². The minimum Gasteiger partial charge on any atom is -0.374 e. The third-order valence-corrected chi connectivity index (χ3v) is 2.86. The lowest BCUT2D eigenvalue weighted by Crippen LogP contribution is -2.48. The van der Waals surface area contributed by atoms with Crippen LogP contribution in [0.15, 0.2) is 30.3 Å². The average molecular weight is 248 g/mol. The predicted molar refractivity (Wildman–Crippen MR) is 72.0 cm³/mol. The van der Waals surface area contributed by atoms with E-state index in [1.807, 2.05) is 30.3 Å². The third kappa shape index (κ3) is 4.43. The Balaban J connectivity index is 2.51. The SMILES string of the molecule is [B]C(O)(C#C)N(C)CC(Cl)Cc1ccccc1. The summed E-state index contributed by atoms with van der Waals surface area (Å²) in [4.78, 5) is 1.45. The topological polar surface area (TPSA) is 23.5 Å². The Morgan fingerprint density at radius 3 is 2.65 bits per heavy atom. The molecule has 88 valence electrons. The highest BCUT2D eigenvalue weighted by molar-refractivity contribution is 6.21. The van der Waals surface area contributed by atoms with Crippen molar-refractivity contribution in [2.45, 2.75) is 17.4 Å². The van der Waals surface area contributed by atoms with Gasteiger partial charge in [0.2, 0.25) is 0 Å². The van der Waals surface area contributed by atoms with Gasteiger partial charge in [0.1, 0.15) is 5.62 Å². The maximum Gasteiger partial charge on any atom is 0.154 e. The molecule has 0 aliphatic heterocycles. The van der Waals surface area contributed by atoms with Crippen molar-refractivity contribution in [3.05, 3.63) is 35.9 Å². The normalized spacial score (nSPS) is 16.2. The molecule has 0 aliphatic rings. The zero-order valence-corrected chi connectivity index (χ0v) is 10.6. The fourth-order valence-electron chi connectivity index (χ4n) is 1.48. The second-order valence-corrected chi connectivity index (χ2v) is 4.66. The molecule has 0 bridgehead atoms. The van der Waals surface area contributed by atoms with Crippen LogP contribution in [0.4, 0.5) is 0 Å². The molecule has 0 heterocycles. The van der Waals surface area contributed by atoms with Gasteiger partial charge < -0.3 is 5.11 Å². The number of alkyl halides is 1. The highest BCUT2D eigenvalue weighted by atomic mass is 35.5. The van der Waals surface area contributed by atoms with E-state index in [0.717, 1.165) is 5.56 Å². The third-order valence-electron chi connectivity index (χ3n) is 2.57. The van der Waals surface area contributed by atoms with E-state index in [1.54, 1.807) is 7.05 Å². The quantitative estimate of drug-likeness (QED) is 0.366. The van der Waals surface area contributed by atoms with Gasteiger partial charge >= 0.3 is 0 Å². The molecule has 2 nitrogen and oxygen atoms in total. The van der Waals surface area contributed by atoms with Crippen molar-refractivity contribution in [3.8, 4) is 12.3 Å². The molecule has 2 radical (unpaired) electrons. The molecule has 0 spiro atoms. The maximum atomic E-state index is 9.62. The Labute approximate surface area is 109 Å². The first kappa shape index (κ1) is 14.1.